The average Bonchev–Trinajstić information content (AvgIpc) is 2.65. The highest BCUT2D eigenvalue weighted by atomic mass is 79.9. The number of aromatic nitrogens is 2. The Balaban J connectivity index is 2.73. The largest absolute Gasteiger partial charge is 0.409 e. The van der Waals surface area contributed by atoms with Crippen LogP contribution in [0.15, 0.2) is 27.8 Å². The molecule has 2 rings (SSSR count). The number of halogens is 2. The fraction of sp³-hybridized carbons (Fsp3) is 0.167. The summed E-state index contributed by atoms with van der Waals surface area (Å²) in [7, 11) is 0. The molecule has 0 saturated carbocycles. The third-order valence-electron chi connectivity index (χ3n) is 2.77. The molecule has 0 aliphatic rings. The highest BCUT2D eigenvalue weighted by molar-refractivity contribution is 9.10. The second-order valence-corrected chi connectivity index (χ2v) is 5.27. The number of nitrogens with two attached hydrogens (primary N) is 1. The molecule has 100 valence electrons. The van der Waals surface area contributed by atoms with Crippen LogP contribution in [-0.4, -0.2) is 20.8 Å². The summed E-state index contributed by atoms with van der Waals surface area (Å²) >= 11 is 9.48. The van der Waals surface area contributed by atoms with Crippen molar-refractivity contribution in [2.24, 2.45) is 10.9 Å². The van der Waals surface area contributed by atoms with Crippen molar-refractivity contribution in [2.45, 2.75) is 13.8 Å². The number of nitrogens with zero attached hydrogens (tertiary/aromatic N) is 3. The smallest absolute Gasteiger partial charge is 0.172 e. The van der Waals surface area contributed by atoms with Crippen LogP contribution in [0.3, 0.4) is 0 Å². The van der Waals surface area contributed by atoms with Gasteiger partial charge in [0.05, 0.1) is 21.5 Å². The Labute approximate surface area is 123 Å². The summed E-state index contributed by atoms with van der Waals surface area (Å²) in [5.41, 5.74) is 8.66. The number of oxime groups is 1. The molecule has 1 aromatic carbocycles. The number of benzene rings is 1. The number of hydrogen-bond donors (Lipinski definition) is 2. The Bertz CT molecular complexity index is 666. The van der Waals surface area contributed by atoms with Crippen molar-refractivity contribution < 1.29 is 5.21 Å². The lowest BCUT2D eigenvalue weighted by atomic mass is 10.1. The zero-order valence-corrected chi connectivity index (χ0v) is 12.7. The van der Waals surface area contributed by atoms with Gasteiger partial charge in [-0.2, -0.15) is 5.10 Å². The van der Waals surface area contributed by atoms with E-state index in [4.69, 9.17) is 22.5 Å². The van der Waals surface area contributed by atoms with Crippen molar-refractivity contribution in [3.8, 4) is 5.69 Å². The van der Waals surface area contributed by atoms with Gasteiger partial charge in [-0.1, -0.05) is 16.8 Å². The zero-order chi connectivity index (χ0) is 14.2. The number of rotatable bonds is 2. The molecule has 0 aliphatic carbocycles. The normalized spacial score (nSPS) is 11.9. The Kier molecular flexibility index (Phi) is 3.82. The molecular weight excluding hydrogens is 332 g/mol. The molecule has 0 saturated heterocycles. The van der Waals surface area contributed by atoms with Crippen molar-refractivity contribution in [2.75, 3.05) is 0 Å². The summed E-state index contributed by atoms with van der Waals surface area (Å²) in [6, 6.07) is 5.09. The number of hydrogen-bond acceptors (Lipinski definition) is 3. The van der Waals surface area contributed by atoms with Crippen LogP contribution in [0.5, 0.6) is 0 Å². The van der Waals surface area contributed by atoms with E-state index in [-0.39, 0.29) is 5.84 Å². The van der Waals surface area contributed by atoms with Crippen LogP contribution in [0.1, 0.15) is 17.0 Å². The highest BCUT2D eigenvalue weighted by Gasteiger charge is 2.15. The lowest BCUT2D eigenvalue weighted by Crippen LogP contribution is -2.17. The van der Waals surface area contributed by atoms with Gasteiger partial charge in [0.25, 0.3) is 0 Å². The molecule has 7 heteroatoms. The van der Waals surface area contributed by atoms with Crippen LogP contribution in [-0.2, 0) is 0 Å². The maximum Gasteiger partial charge on any atom is 0.172 e. The molecule has 0 amide bonds. The van der Waals surface area contributed by atoms with Gasteiger partial charge in [-0.3, -0.25) is 0 Å². The maximum absolute atomic E-state index is 8.85. The molecule has 0 atom stereocenters. The zero-order valence-electron chi connectivity index (χ0n) is 10.4. The fourth-order valence-corrected chi connectivity index (χ4v) is 2.22. The minimum atomic E-state index is 0.00958. The van der Waals surface area contributed by atoms with Gasteiger partial charge in [-0.05, 0) is 48.0 Å². The van der Waals surface area contributed by atoms with Crippen LogP contribution < -0.4 is 5.73 Å². The molecule has 2 aromatic rings. The van der Waals surface area contributed by atoms with Gasteiger partial charge in [0, 0.05) is 10.6 Å². The topological polar surface area (TPSA) is 76.4 Å². The average molecular weight is 344 g/mol. The van der Waals surface area contributed by atoms with Gasteiger partial charge in [0.15, 0.2) is 5.84 Å². The first-order valence-electron chi connectivity index (χ1n) is 5.45. The van der Waals surface area contributed by atoms with Crippen molar-refractivity contribution in [1.29, 1.82) is 0 Å². The second-order valence-electron chi connectivity index (χ2n) is 4.04. The lowest BCUT2D eigenvalue weighted by Gasteiger charge is -2.10. The van der Waals surface area contributed by atoms with Crippen LogP contribution in [0.25, 0.3) is 5.69 Å². The summed E-state index contributed by atoms with van der Waals surface area (Å²) < 4.78 is 2.62. The summed E-state index contributed by atoms with van der Waals surface area (Å²) in [4.78, 5) is 0. The maximum atomic E-state index is 8.85. The van der Waals surface area contributed by atoms with E-state index in [0.717, 1.165) is 15.9 Å². The molecule has 0 aliphatic heterocycles. The second kappa shape index (κ2) is 5.22. The van der Waals surface area contributed by atoms with Gasteiger partial charge < -0.3 is 10.9 Å². The molecule has 1 heterocycles. The van der Waals surface area contributed by atoms with E-state index >= 15 is 0 Å². The molecule has 0 spiro atoms. The Morgan fingerprint density at radius 1 is 1.47 bits per heavy atom. The molecule has 1 aromatic heterocycles. The first-order valence-corrected chi connectivity index (χ1v) is 6.62. The monoisotopic (exact) mass is 342 g/mol. The minimum Gasteiger partial charge on any atom is -0.409 e. The predicted octanol–water partition coefficient (Wildman–Crippen LogP) is 3.00. The van der Waals surface area contributed by atoms with Gasteiger partial charge in [0.1, 0.15) is 0 Å². The van der Waals surface area contributed by atoms with E-state index < -0.39 is 0 Å². The molecule has 5 nitrogen and oxygen atoms in total. The van der Waals surface area contributed by atoms with E-state index in [2.05, 4.69) is 26.2 Å². The Hall–Kier alpha value is -1.53. The Morgan fingerprint density at radius 3 is 2.68 bits per heavy atom. The van der Waals surface area contributed by atoms with Crippen LogP contribution in [0.2, 0.25) is 5.02 Å². The third-order valence-corrected chi connectivity index (χ3v) is 4.16. The first-order chi connectivity index (χ1) is 8.95. The quantitative estimate of drug-likeness (QED) is 0.381. The molecule has 0 radical (unpaired) electrons. The highest BCUT2D eigenvalue weighted by Crippen LogP contribution is 2.26. The SMILES string of the molecule is Cc1nn(-c2cc(Cl)ccc2C(N)=NO)c(C)c1Br. The van der Waals surface area contributed by atoms with E-state index in [1.54, 1.807) is 22.9 Å². The van der Waals surface area contributed by atoms with E-state index in [1.165, 1.54) is 0 Å². The summed E-state index contributed by atoms with van der Waals surface area (Å²) in [6.45, 7) is 3.81. The van der Waals surface area contributed by atoms with Crippen molar-refractivity contribution in [1.82, 2.24) is 9.78 Å². The van der Waals surface area contributed by atoms with Crippen molar-refractivity contribution >= 4 is 33.4 Å². The van der Waals surface area contributed by atoms with E-state index in [9.17, 15) is 0 Å². The van der Waals surface area contributed by atoms with Crippen LogP contribution in [0, 0.1) is 13.8 Å². The summed E-state index contributed by atoms with van der Waals surface area (Å²) in [5, 5.41) is 16.8. The van der Waals surface area contributed by atoms with Crippen LogP contribution in [0.4, 0.5) is 0 Å². The standard InChI is InChI=1S/C12H12BrClN4O/c1-6-11(13)7(2)18(16-6)10-5-8(14)3-4-9(10)12(15)17-19/h3-5,19H,1-2H3,(H2,15,17). The van der Waals surface area contributed by atoms with Gasteiger partial charge in [-0.25, -0.2) is 4.68 Å². The van der Waals surface area contributed by atoms with Gasteiger partial charge in [-0.15, -0.1) is 0 Å². The van der Waals surface area contributed by atoms with E-state index in [1.807, 2.05) is 13.8 Å². The summed E-state index contributed by atoms with van der Waals surface area (Å²) in [5.74, 6) is 0.00958. The molecule has 19 heavy (non-hydrogen) atoms. The van der Waals surface area contributed by atoms with Crippen molar-refractivity contribution in [3.05, 3.63) is 44.6 Å². The Morgan fingerprint density at radius 2 is 2.16 bits per heavy atom. The first kappa shape index (κ1) is 13.9. The molecule has 0 unspecified atom stereocenters. The third kappa shape index (κ3) is 2.46. The van der Waals surface area contributed by atoms with Gasteiger partial charge in [0.2, 0.25) is 0 Å². The fourth-order valence-electron chi connectivity index (χ4n) is 1.81. The number of amidine groups is 1. The molecular formula is C12H12BrClN4O. The molecule has 3 N–H and O–H groups in total. The molecule has 0 bridgehead atoms. The van der Waals surface area contributed by atoms with Crippen molar-refractivity contribution in [3.63, 3.8) is 0 Å². The summed E-state index contributed by atoms with van der Waals surface area (Å²) in [6.07, 6.45) is 0. The van der Waals surface area contributed by atoms with Gasteiger partial charge >= 0.3 is 0 Å². The van der Waals surface area contributed by atoms with E-state index in [0.29, 0.717) is 16.3 Å². The number of aryl methyl sites for hydroxylation is 1. The minimum absolute atomic E-state index is 0.00958. The lowest BCUT2D eigenvalue weighted by molar-refractivity contribution is 0.318. The predicted molar refractivity (Wildman–Crippen MR) is 78.3 cm³/mol. The molecule has 0 fully saturated rings. The van der Waals surface area contributed by atoms with Crippen LogP contribution >= 0.6 is 27.5 Å².